The van der Waals surface area contributed by atoms with Gasteiger partial charge in [-0.05, 0) is 0 Å². The van der Waals surface area contributed by atoms with Crippen LogP contribution >= 0.6 is 0 Å². The number of carbonyl (C=O) groups is 1. The maximum Gasteiger partial charge on any atom is 1.00 e. The van der Waals surface area contributed by atoms with Gasteiger partial charge in [0.1, 0.15) is 5.70 Å². The number of amides is 1. The molecular formula is C9H9KN2O. The smallest absolute Gasteiger partial charge is 0.338 e. The molecule has 0 spiro atoms. The minimum atomic E-state index is 0. The second kappa shape index (κ2) is 4.57. The number of carbonyl (C=O) groups excluding carboxylic acids is 1. The first-order chi connectivity index (χ1) is 5.79. The predicted octanol–water partition coefficient (Wildman–Crippen LogP) is -2.44. The van der Waals surface area contributed by atoms with Gasteiger partial charge in [-0.3, -0.25) is 9.79 Å². The average Bonchev–Trinajstić information content (AvgIpc) is 2.30. The molecule has 0 bridgehead atoms. The number of nitrogens with zero attached hydrogens (tertiary/aromatic N) is 2. The minimum absolute atomic E-state index is 0. The summed E-state index contributed by atoms with van der Waals surface area (Å²) in [6.07, 6.45) is 7.31. The van der Waals surface area contributed by atoms with Crippen molar-refractivity contribution < 1.29 is 56.2 Å². The molecule has 0 radical (unpaired) electrons. The van der Waals surface area contributed by atoms with Crippen LogP contribution in [0.3, 0.4) is 0 Å². The molecule has 0 atom stereocenters. The van der Waals surface area contributed by atoms with E-state index in [1.807, 2.05) is 18.6 Å². The first-order valence-corrected chi connectivity index (χ1v) is 3.82. The van der Waals surface area contributed by atoms with Gasteiger partial charge < -0.3 is 4.90 Å². The van der Waals surface area contributed by atoms with Gasteiger partial charge in [0, 0.05) is 13.6 Å². The number of allylic oxidation sites excluding steroid dienone is 1. The summed E-state index contributed by atoms with van der Waals surface area (Å²) in [6.45, 7) is 0.676. The van der Waals surface area contributed by atoms with Crippen LogP contribution in [-0.4, -0.2) is 30.6 Å². The van der Waals surface area contributed by atoms with Gasteiger partial charge >= 0.3 is 51.4 Å². The van der Waals surface area contributed by atoms with Crippen LogP contribution in [0.15, 0.2) is 28.4 Å². The van der Waals surface area contributed by atoms with Crippen molar-refractivity contribution in [2.45, 2.75) is 0 Å². The third-order valence-corrected chi connectivity index (χ3v) is 1.96. The van der Waals surface area contributed by atoms with Crippen LogP contribution in [0.2, 0.25) is 0 Å². The summed E-state index contributed by atoms with van der Waals surface area (Å²) >= 11 is 0. The molecule has 2 heterocycles. The molecule has 0 aromatic carbocycles. The number of hydrogen-bond acceptors (Lipinski definition) is 2. The second-order valence-corrected chi connectivity index (χ2v) is 2.86. The average molecular weight is 200 g/mol. The SMILES string of the molecule is CN1CC2=C(N=C[CH-]C=C2)C1=O.[K+]. The fourth-order valence-electron chi connectivity index (χ4n) is 1.33. The molecular weight excluding hydrogens is 191 g/mol. The zero-order chi connectivity index (χ0) is 8.55. The number of rotatable bonds is 0. The van der Waals surface area contributed by atoms with Gasteiger partial charge in [0.05, 0.1) is 0 Å². The number of likely N-dealkylation sites (N-methyl/N-ethyl adjacent to an activating group) is 1. The van der Waals surface area contributed by atoms with E-state index in [9.17, 15) is 4.79 Å². The summed E-state index contributed by atoms with van der Waals surface area (Å²) in [6, 6.07) is 0. The quantitative estimate of drug-likeness (QED) is 0.316. The van der Waals surface area contributed by atoms with Crippen LogP contribution in [0.5, 0.6) is 0 Å². The Labute approximate surface area is 120 Å². The van der Waals surface area contributed by atoms with E-state index in [2.05, 4.69) is 4.99 Å². The van der Waals surface area contributed by atoms with E-state index in [1.165, 1.54) is 0 Å². The van der Waals surface area contributed by atoms with Crippen molar-refractivity contribution in [2.24, 2.45) is 4.99 Å². The number of hydrogen-bond donors (Lipinski definition) is 0. The fourth-order valence-corrected chi connectivity index (χ4v) is 1.33. The van der Waals surface area contributed by atoms with E-state index in [0.717, 1.165) is 5.57 Å². The first-order valence-electron chi connectivity index (χ1n) is 3.82. The van der Waals surface area contributed by atoms with E-state index in [-0.39, 0.29) is 57.3 Å². The Bertz CT molecular complexity index is 318. The van der Waals surface area contributed by atoms with Crippen molar-refractivity contribution in [1.82, 2.24) is 4.90 Å². The molecule has 2 rings (SSSR count). The summed E-state index contributed by atoms with van der Waals surface area (Å²) in [4.78, 5) is 17.1. The minimum Gasteiger partial charge on any atom is -0.338 e. The molecule has 2 aliphatic heterocycles. The van der Waals surface area contributed by atoms with Crippen LogP contribution in [0.4, 0.5) is 0 Å². The Kier molecular flexibility index (Phi) is 3.94. The molecule has 0 aromatic heterocycles. The summed E-state index contributed by atoms with van der Waals surface area (Å²) < 4.78 is 0. The molecule has 4 heteroatoms. The van der Waals surface area contributed by atoms with Gasteiger partial charge in [-0.15, -0.1) is 0 Å². The van der Waals surface area contributed by atoms with Gasteiger partial charge in [0.2, 0.25) is 0 Å². The zero-order valence-electron chi connectivity index (χ0n) is 7.82. The van der Waals surface area contributed by atoms with E-state index in [0.29, 0.717) is 12.2 Å². The Hall–Kier alpha value is 0.126. The molecule has 0 aliphatic carbocycles. The van der Waals surface area contributed by atoms with Crippen LogP contribution in [0.25, 0.3) is 0 Å². The number of aliphatic imine (C=N–C) groups is 1. The van der Waals surface area contributed by atoms with Crippen molar-refractivity contribution in [3.63, 3.8) is 0 Å². The van der Waals surface area contributed by atoms with E-state index in [4.69, 9.17) is 0 Å². The Morgan fingerprint density at radius 2 is 2.38 bits per heavy atom. The van der Waals surface area contributed by atoms with E-state index >= 15 is 0 Å². The van der Waals surface area contributed by atoms with Crippen molar-refractivity contribution >= 4 is 12.1 Å². The topological polar surface area (TPSA) is 32.7 Å². The van der Waals surface area contributed by atoms with Gasteiger partial charge in [-0.1, -0.05) is 11.8 Å². The maximum absolute atomic E-state index is 11.4. The van der Waals surface area contributed by atoms with E-state index < -0.39 is 0 Å². The van der Waals surface area contributed by atoms with Gasteiger partial charge in [0.25, 0.3) is 5.91 Å². The molecule has 0 aromatic rings. The zero-order valence-corrected chi connectivity index (χ0v) is 10.9. The van der Waals surface area contributed by atoms with Crippen LogP contribution < -0.4 is 51.4 Å². The van der Waals surface area contributed by atoms with Crippen LogP contribution in [-0.2, 0) is 4.79 Å². The second-order valence-electron chi connectivity index (χ2n) is 2.86. The summed E-state index contributed by atoms with van der Waals surface area (Å²) in [5.41, 5.74) is 1.59. The van der Waals surface area contributed by atoms with Crippen LogP contribution in [0.1, 0.15) is 0 Å². The van der Waals surface area contributed by atoms with Crippen molar-refractivity contribution in [3.8, 4) is 0 Å². The molecule has 1 amide bonds. The molecule has 3 nitrogen and oxygen atoms in total. The molecule has 2 aliphatic rings. The molecule has 0 fully saturated rings. The molecule has 0 saturated heterocycles. The summed E-state index contributed by atoms with van der Waals surface area (Å²) in [5.74, 6) is 0.0150. The Balaban J connectivity index is 0.000000845. The third-order valence-electron chi connectivity index (χ3n) is 1.96. The van der Waals surface area contributed by atoms with Gasteiger partial charge in [-0.2, -0.15) is 6.42 Å². The molecule has 62 valence electrons. The standard InChI is InChI=1S/C9H9N2O.K/c1-11-6-7-4-2-3-5-10-8(7)9(11)12;/h2-5H,6H2,1H3;/q-1;+1. The monoisotopic (exact) mass is 200 g/mol. The molecule has 0 saturated carbocycles. The Morgan fingerprint density at radius 3 is 3.15 bits per heavy atom. The predicted molar refractivity (Wildman–Crippen MR) is 46.6 cm³/mol. The largest absolute Gasteiger partial charge is 1.00 e. The normalized spacial score (nSPS) is 19.5. The van der Waals surface area contributed by atoms with Crippen molar-refractivity contribution in [3.05, 3.63) is 29.8 Å². The maximum atomic E-state index is 11.4. The van der Waals surface area contributed by atoms with E-state index in [1.54, 1.807) is 18.2 Å². The first kappa shape index (κ1) is 11.2. The molecule has 13 heavy (non-hydrogen) atoms. The fraction of sp³-hybridized carbons (Fsp3) is 0.222. The van der Waals surface area contributed by atoms with Gasteiger partial charge in [-0.25, -0.2) is 12.2 Å². The van der Waals surface area contributed by atoms with Crippen molar-refractivity contribution in [1.29, 1.82) is 0 Å². The van der Waals surface area contributed by atoms with Crippen LogP contribution in [0, 0.1) is 6.42 Å². The third kappa shape index (κ3) is 2.14. The molecule has 0 unspecified atom stereocenters. The Morgan fingerprint density at radius 1 is 1.62 bits per heavy atom. The van der Waals surface area contributed by atoms with Gasteiger partial charge in [0.15, 0.2) is 0 Å². The summed E-state index contributed by atoms with van der Waals surface area (Å²) in [5, 5.41) is 0. The van der Waals surface area contributed by atoms with Crippen molar-refractivity contribution in [2.75, 3.05) is 13.6 Å². The molecule has 0 N–H and O–H groups in total. The summed E-state index contributed by atoms with van der Waals surface area (Å²) in [7, 11) is 1.78.